The summed E-state index contributed by atoms with van der Waals surface area (Å²) in [5.41, 5.74) is 4.64. The van der Waals surface area contributed by atoms with Crippen LogP contribution >= 0.6 is 7.60 Å². The third-order valence-corrected chi connectivity index (χ3v) is 4.30. The monoisotopic (exact) mass is 209 g/mol. The van der Waals surface area contributed by atoms with Crippen LogP contribution in [-0.2, 0) is 18.4 Å². The summed E-state index contributed by atoms with van der Waals surface area (Å²) in [5, 5.41) is 0. The molecule has 2 N–H and O–H groups in total. The fourth-order valence-electron chi connectivity index (χ4n) is 1.18. The molecule has 2 unspecified atom stereocenters. The van der Waals surface area contributed by atoms with E-state index in [1.807, 2.05) is 0 Å². The molecule has 0 amide bonds. The first-order chi connectivity index (χ1) is 5.89. The van der Waals surface area contributed by atoms with E-state index in [9.17, 15) is 9.36 Å². The minimum Gasteiger partial charge on any atom is -0.327 e. The zero-order chi connectivity index (χ0) is 10.6. The quantitative estimate of drug-likeness (QED) is 0.677. The normalized spacial score (nSPS) is 16.7. The highest BCUT2D eigenvalue weighted by molar-refractivity contribution is 7.55. The molecule has 0 saturated heterocycles. The van der Waals surface area contributed by atoms with E-state index in [1.54, 1.807) is 6.92 Å². The molecule has 2 atom stereocenters. The van der Waals surface area contributed by atoms with Crippen LogP contribution in [0, 0.1) is 0 Å². The first-order valence-corrected chi connectivity index (χ1v) is 5.47. The van der Waals surface area contributed by atoms with Crippen molar-refractivity contribution in [3.63, 3.8) is 0 Å². The average Bonchev–Trinajstić information content (AvgIpc) is 2.02. The second-order valence-corrected chi connectivity index (χ2v) is 5.19. The van der Waals surface area contributed by atoms with Crippen LogP contribution in [-0.4, -0.2) is 31.7 Å². The van der Waals surface area contributed by atoms with Crippen molar-refractivity contribution in [2.45, 2.75) is 25.5 Å². The molecule has 78 valence electrons. The lowest BCUT2D eigenvalue weighted by Gasteiger charge is -2.24. The molecule has 0 aromatic rings. The summed E-state index contributed by atoms with van der Waals surface area (Å²) in [4.78, 5) is 11.1. The maximum Gasteiger partial charge on any atom is 0.342 e. The Hall–Kier alpha value is -0.220. The van der Waals surface area contributed by atoms with Gasteiger partial charge in [-0.15, -0.1) is 0 Å². The van der Waals surface area contributed by atoms with Crippen molar-refractivity contribution in [1.29, 1.82) is 0 Å². The molecule has 0 aliphatic heterocycles. The van der Waals surface area contributed by atoms with Crippen molar-refractivity contribution >= 4 is 13.4 Å². The van der Waals surface area contributed by atoms with Crippen molar-refractivity contribution in [3.05, 3.63) is 0 Å². The molecular formula is C7H16NO4P. The van der Waals surface area contributed by atoms with Crippen molar-refractivity contribution in [2.24, 2.45) is 5.73 Å². The number of carbonyl (C=O) groups excluding carboxylic acids is 1. The number of Topliss-reactive ketones (excluding diaryl/α,β-unsaturated/α-hetero) is 1. The fraction of sp³-hybridized carbons (Fsp3) is 0.857. The maximum absolute atomic E-state index is 11.8. The summed E-state index contributed by atoms with van der Waals surface area (Å²) in [5.74, 6) is -0.290. The molecule has 5 nitrogen and oxygen atoms in total. The molecular weight excluding hydrogens is 193 g/mol. The van der Waals surface area contributed by atoms with Crippen LogP contribution in [0.3, 0.4) is 0 Å². The minimum atomic E-state index is -3.38. The Balaban J connectivity index is 4.92. The van der Waals surface area contributed by atoms with Gasteiger partial charge >= 0.3 is 7.60 Å². The largest absolute Gasteiger partial charge is 0.342 e. The molecule has 0 aliphatic carbocycles. The van der Waals surface area contributed by atoms with E-state index in [-0.39, 0.29) is 5.78 Å². The van der Waals surface area contributed by atoms with Gasteiger partial charge in [-0.2, -0.15) is 0 Å². The summed E-state index contributed by atoms with van der Waals surface area (Å²) >= 11 is 0. The van der Waals surface area contributed by atoms with Gasteiger partial charge in [0.25, 0.3) is 0 Å². The third kappa shape index (κ3) is 2.88. The molecule has 0 radical (unpaired) electrons. The molecule has 0 heterocycles. The number of ketones is 1. The lowest BCUT2D eigenvalue weighted by atomic mass is 10.2. The summed E-state index contributed by atoms with van der Waals surface area (Å²) in [6, 6.07) is -0.553. The van der Waals surface area contributed by atoms with E-state index in [0.29, 0.717) is 0 Å². The zero-order valence-electron chi connectivity index (χ0n) is 8.31. The number of hydrogen-bond acceptors (Lipinski definition) is 5. The van der Waals surface area contributed by atoms with E-state index < -0.39 is 19.3 Å². The van der Waals surface area contributed by atoms with E-state index >= 15 is 0 Å². The minimum absolute atomic E-state index is 0.290. The second kappa shape index (κ2) is 4.86. The average molecular weight is 209 g/mol. The van der Waals surface area contributed by atoms with Crippen LogP contribution in [0.5, 0.6) is 0 Å². The number of rotatable bonds is 5. The van der Waals surface area contributed by atoms with Gasteiger partial charge in [0.05, 0.1) is 0 Å². The van der Waals surface area contributed by atoms with Gasteiger partial charge in [-0.25, -0.2) is 0 Å². The molecule has 6 heteroatoms. The van der Waals surface area contributed by atoms with Gasteiger partial charge in [-0.1, -0.05) is 0 Å². The van der Waals surface area contributed by atoms with E-state index in [4.69, 9.17) is 14.8 Å². The third-order valence-electron chi connectivity index (χ3n) is 1.76. The molecule has 13 heavy (non-hydrogen) atoms. The molecule has 0 rings (SSSR count). The van der Waals surface area contributed by atoms with Crippen LogP contribution in [0.15, 0.2) is 0 Å². The Morgan fingerprint density at radius 3 is 1.85 bits per heavy atom. The predicted molar refractivity (Wildman–Crippen MR) is 49.7 cm³/mol. The van der Waals surface area contributed by atoms with Crippen LogP contribution < -0.4 is 5.73 Å². The van der Waals surface area contributed by atoms with Gasteiger partial charge in [-0.3, -0.25) is 9.36 Å². The highest BCUT2D eigenvalue weighted by atomic mass is 31.2. The Labute approximate surface area is 78.1 Å². The molecule has 0 bridgehead atoms. The number of carbonyl (C=O) groups is 1. The lowest BCUT2D eigenvalue weighted by molar-refractivity contribution is -0.117. The van der Waals surface area contributed by atoms with E-state index in [0.717, 1.165) is 0 Å². The molecule has 0 aromatic carbocycles. The van der Waals surface area contributed by atoms with E-state index in [1.165, 1.54) is 21.1 Å². The van der Waals surface area contributed by atoms with Crippen LogP contribution in [0.2, 0.25) is 0 Å². The summed E-state index contributed by atoms with van der Waals surface area (Å²) in [6.45, 7) is 2.91. The first-order valence-electron chi connectivity index (χ1n) is 3.86. The Morgan fingerprint density at radius 2 is 1.77 bits per heavy atom. The summed E-state index contributed by atoms with van der Waals surface area (Å²) < 4.78 is 21.2. The Morgan fingerprint density at radius 1 is 1.38 bits per heavy atom. The highest BCUT2D eigenvalue weighted by Gasteiger charge is 2.40. The van der Waals surface area contributed by atoms with Crippen molar-refractivity contribution in [2.75, 3.05) is 14.2 Å². The highest BCUT2D eigenvalue weighted by Crippen LogP contribution is 2.52. The second-order valence-electron chi connectivity index (χ2n) is 2.82. The van der Waals surface area contributed by atoms with Crippen LogP contribution in [0.1, 0.15) is 13.8 Å². The molecule has 0 spiro atoms. The first kappa shape index (κ1) is 12.8. The van der Waals surface area contributed by atoms with Gasteiger partial charge < -0.3 is 14.8 Å². The maximum atomic E-state index is 11.8. The molecule has 0 aromatic heterocycles. The number of hydrogen-bond donors (Lipinski definition) is 1. The SMILES string of the molecule is COP(=O)(OC)C(C(C)=O)C(C)N. The smallest absolute Gasteiger partial charge is 0.327 e. The van der Waals surface area contributed by atoms with Gasteiger partial charge in [0.15, 0.2) is 0 Å². The van der Waals surface area contributed by atoms with Crippen molar-refractivity contribution < 1.29 is 18.4 Å². The molecule has 0 fully saturated rings. The molecule has 0 saturated carbocycles. The van der Waals surface area contributed by atoms with Crippen LogP contribution in [0.25, 0.3) is 0 Å². The number of nitrogens with two attached hydrogens (primary N) is 1. The van der Waals surface area contributed by atoms with Gasteiger partial charge in [0.2, 0.25) is 0 Å². The Bertz CT molecular complexity index is 221. The Kier molecular flexibility index (Phi) is 4.78. The lowest BCUT2D eigenvalue weighted by Crippen LogP contribution is -2.37. The topological polar surface area (TPSA) is 78.6 Å². The van der Waals surface area contributed by atoms with Gasteiger partial charge in [0, 0.05) is 20.3 Å². The van der Waals surface area contributed by atoms with Crippen LogP contribution in [0.4, 0.5) is 0 Å². The molecule has 0 aliphatic rings. The van der Waals surface area contributed by atoms with E-state index in [2.05, 4.69) is 0 Å². The predicted octanol–water partition coefficient (Wildman–Crippen LogP) is 0.777. The zero-order valence-corrected chi connectivity index (χ0v) is 9.21. The summed E-state index contributed by atoms with van der Waals surface area (Å²) in [7, 11) is -0.901. The fourth-order valence-corrected chi connectivity index (χ4v) is 2.81. The van der Waals surface area contributed by atoms with Gasteiger partial charge in [0.1, 0.15) is 11.4 Å². The summed E-state index contributed by atoms with van der Waals surface area (Å²) in [6.07, 6.45) is 0. The van der Waals surface area contributed by atoms with Crippen molar-refractivity contribution in [1.82, 2.24) is 0 Å². The van der Waals surface area contributed by atoms with Gasteiger partial charge in [-0.05, 0) is 13.8 Å². The van der Waals surface area contributed by atoms with Crippen molar-refractivity contribution in [3.8, 4) is 0 Å². The standard InChI is InChI=1S/C7H16NO4P/c1-5(8)7(6(2)9)13(10,11-3)12-4/h5,7H,8H2,1-4H3.